The van der Waals surface area contributed by atoms with Crippen molar-refractivity contribution in [1.29, 1.82) is 0 Å². The molecular weight excluding hydrogens is 344 g/mol. The molecule has 0 aliphatic carbocycles. The molecule has 0 bridgehead atoms. The average Bonchev–Trinajstić information content (AvgIpc) is 2.52. The minimum atomic E-state index is -3.54. The molecule has 0 aliphatic rings. The number of rotatable bonds is 7. The summed E-state index contributed by atoms with van der Waals surface area (Å²) in [5.41, 5.74) is 1.40. The highest BCUT2D eigenvalue weighted by molar-refractivity contribution is 7.94. The molecule has 4 nitrogen and oxygen atoms in total. The summed E-state index contributed by atoms with van der Waals surface area (Å²) < 4.78 is 48.6. The van der Waals surface area contributed by atoms with Crippen molar-refractivity contribution in [2.75, 3.05) is 5.75 Å². The summed E-state index contributed by atoms with van der Waals surface area (Å²) in [6.45, 7) is 1.73. The predicted molar refractivity (Wildman–Crippen MR) is 96.1 cm³/mol. The maximum atomic E-state index is 12.2. The van der Waals surface area contributed by atoms with Gasteiger partial charge in [0.25, 0.3) is 0 Å². The summed E-state index contributed by atoms with van der Waals surface area (Å²) in [6.07, 6.45) is 1.57. The van der Waals surface area contributed by atoms with Crippen LogP contribution in [0.5, 0.6) is 0 Å². The van der Waals surface area contributed by atoms with Crippen LogP contribution < -0.4 is 0 Å². The molecule has 0 aromatic heterocycles. The standard InChI is InChI=1S/C18H20O4S2/c1-16-9-5-6-12-18(16)24(21,22)14-8-7-13-23(19,20)15-17-10-3-2-4-11-17/h2-6,8-12,14H,7,13,15H2,1H3. The van der Waals surface area contributed by atoms with Crippen molar-refractivity contribution < 1.29 is 16.8 Å². The summed E-state index contributed by atoms with van der Waals surface area (Å²) in [6, 6.07) is 15.6. The Morgan fingerprint density at radius 3 is 2.17 bits per heavy atom. The third kappa shape index (κ3) is 5.32. The van der Waals surface area contributed by atoms with Crippen LogP contribution in [0.1, 0.15) is 17.5 Å². The van der Waals surface area contributed by atoms with E-state index in [2.05, 4.69) is 0 Å². The van der Waals surface area contributed by atoms with Crippen LogP contribution in [0.15, 0.2) is 71.0 Å². The molecule has 0 fully saturated rings. The molecule has 2 rings (SSSR count). The van der Waals surface area contributed by atoms with E-state index in [1.165, 1.54) is 6.08 Å². The van der Waals surface area contributed by atoms with Gasteiger partial charge in [-0.05, 0) is 30.5 Å². The molecule has 0 unspecified atom stereocenters. The van der Waals surface area contributed by atoms with E-state index >= 15 is 0 Å². The molecule has 0 heterocycles. The minimum absolute atomic E-state index is 0.0355. The van der Waals surface area contributed by atoms with Crippen molar-refractivity contribution in [3.63, 3.8) is 0 Å². The molecule has 0 radical (unpaired) electrons. The van der Waals surface area contributed by atoms with Crippen molar-refractivity contribution in [2.24, 2.45) is 0 Å². The van der Waals surface area contributed by atoms with Gasteiger partial charge >= 0.3 is 0 Å². The Morgan fingerprint density at radius 1 is 0.875 bits per heavy atom. The van der Waals surface area contributed by atoms with Gasteiger partial charge in [-0.25, -0.2) is 16.8 Å². The largest absolute Gasteiger partial charge is 0.228 e. The molecule has 0 N–H and O–H groups in total. The minimum Gasteiger partial charge on any atom is -0.228 e. The topological polar surface area (TPSA) is 68.3 Å². The van der Waals surface area contributed by atoms with Crippen LogP contribution in [0.25, 0.3) is 0 Å². The zero-order valence-electron chi connectivity index (χ0n) is 13.4. The van der Waals surface area contributed by atoms with E-state index in [1.54, 1.807) is 55.5 Å². The van der Waals surface area contributed by atoms with Gasteiger partial charge in [0.2, 0.25) is 0 Å². The van der Waals surface area contributed by atoms with Crippen LogP contribution in [0.3, 0.4) is 0 Å². The number of hydrogen-bond acceptors (Lipinski definition) is 4. The lowest BCUT2D eigenvalue weighted by Crippen LogP contribution is -2.08. The molecule has 24 heavy (non-hydrogen) atoms. The Morgan fingerprint density at radius 2 is 1.50 bits per heavy atom. The monoisotopic (exact) mass is 364 g/mol. The molecule has 0 saturated heterocycles. The summed E-state index contributed by atoms with van der Waals surface area (Å²) in [4.78, 5) is 0.244. The fourth-order valence-corrected chi connectivity index (χ4v) is 4.95. The number of aryl methyl sites for hydroxylation is 1. The van der Waals surface area contributed by atoms with Crippen molar-refractivity contribution in [2.45, 2.75) is 24.0 Å². The third-order valence-corrected chi connectivity index (χ3v) is 6.75. The molecule has 2 aromatic carbocycles. The first-order chi connectivity index (χ1) is 11.3. The van der Waals surface area contributed by atoms with Crippen molar-refractivity contribution in [3.8, 4) is 0 Å². The second-order valence-corrected chi connectivity index (χ2v) is 9.53. The maximum absolute atomic E-state index is 12.2. The molecule has 0 saturated carbocycles. The maximum Gasteiger partial charge on any atom is 0.199 e. The second-order valence-electron chi connectivity index (χ2n) is 5.55. The molecule has 0 aliphatic heterocycles. The van der Waals surface area contributed by atoms with Crippen molar-refractivity contribution in [3.05, 3.63) is 77.2 Å². The van der Waals surface area contributed by atoms with Gasteiger partial charge in [-0.1, -0.05) is 54.6 Å². The van der Waals surface area contributed by atoms with E-state index in [1.807, 2.05) is 6.07 Å². The van der Waals surface area contributed by atoms with Crippen LogP contribution in [-0.4, -0.2) is 22.6 Å². The van der Waals surface area contributed by atoms with Crippen molar-refractivity contribution >= 4 is 19.7 Å². The smallest absolute Gasteiger partial charge is 0.199 e. The second kappa shape index (κ2) is 7.77. The molecule has 0 amide bonds. The summed E-state index contributed by atoms with van der Waals surface area (Å²) >= 11 is 0. The zero-order valence-corrected chi connectivity index (χ0v) is 15.1. The summed E-state index contributed by atoms with van der Waals surface area (Å²) in [7, 11) is -6.81. The van der Waals surface area contributed by atoms with Gasteiger partial charge < -0.3 is 0 Å². The number of benzene rings is 2. The Bertz CT molecular complexity index is 913. The van der Waals surface area contributed by atoms with Gasteiger partial charge in [0, 0.05) is 5.41 Å². The highest BCUT2D eigenvalue weighted by Gasteiger charge is 2.14. The van der Waals surface area contributed by atoms with Crippen LogP contribution >= 0.6 is 0 Å². The molecule has 0 spiro atoms. The van der Waals surface area contributed by atoms with Gasteiger partial charge in [-0.3, -0.25) is 0 Å². The highest BCUT2D eigenvalue weighted by atomic mass is 32.2. The zero-order chi connectivity index (χ0) is 17.6. The first-order valence-corrected chi connectivity index (χ1v) is 10.9. The van der Waals surface area contributed by atoms with Crippen molar-refractivity contribution in [1.82, 2.24) is 0 Å². The number of sulfone groups is 2. The van der Waals surface area contributed by atoms with Crippen LogP contribution in [0.2, 0.25) is 0 Å². The van der Waals surface area contributed by atoms with Crippen LogP contribution in [-0.2, 0) is 25.4 Å². The lowest BCUT2D eigenvalue weighted by molar-refractivity contribution is 0.594. The fraction of sp³-hybridized carbons (Fsp3) is 0.222. The van der Waals surface area contributed by atoms with E-state index in [4.69, 9.17) is 0 Å². The van der Waals surface area contributed by atoms with Crippen LogP contribution in [0, 0.1) is 6.92 Å². The predicted octanol–water partition coefficient (Wildman–Crippen LogP) is 3.29. The van der Waals surface area contributed by atoms with Gasteiger partial charge in [-0.2, -0.15) is 0 Å². The van der Waals surface area contributed by atoms with Gasteiger partial charge in [0.05, 0.1) is 16.4 Å². The number of hydrogen-bond donors (Lipinski definition) is 0. The lowest BCUT2D eigenvalue weighted by atomic mass is 10.2. The molecular formula is C18H20O4S2. The highest BCUT2D eigenvalue weighted by Crippen LogP contribution is 2.17. The summed E-state index contributed by atoms with van der Waals surface area (Å²) in [5.74, 6) is -0.117. The first-order valence-electron chi connectivity index (χ1n) is 7.52. The SMILES string of the molecule is Cc1ccccc1S(=O)(=O)C=CCCS(=O)(=O)Cc1ccccc1. The Labute approximate surface area is 143 Å². The molecule has 0 atom stereocenters. The Kier molecular flexibility index (Phi) is 5.96. The van der Waals surface area contributed by atoms with E-state index in [0.717, 1.165) is 11.0 Å². The van der Waals surface area contributed by atoms with Gasteiger partial charge in [0.1, 0.15) is 0 Å². The summed E-state index contributed by atoms with van der Waals surface area (Å²) in [5, 5.41) is 1.09. The van der Waals surface area contributed by atoms with Gasteiger partial charge in [0.15, 0.2) is 19.7 Å². The molecule has 2 aromatic rings. The Balaban J connectivity index is 1.98. The molecule has 6 heteroatoms. The quantitative estimate of drug-likeness (QED) is 0.756. The molecule has 128 valence electrons. The fourth-order valence-electron chi connectivity index (χ4n) is 2.29. The van der Waals surface area contributed by atoms with E-state index in [9.17, 15) is 16.8 Å². The van der Waals surface area contributed by atoms with Crippen LogP contribution in [0.4, 0.5) is 0 Å². The van der Waals surface area contributed by atoms with Gasteiger partial charge in [-0.15, -0.1) is 0 Å². The lowest BCUT2D eigenvalue weighted by Gasteiger charge is -2.04. The normalized spacial score (nSPS) is 12.5. The Hall–Kier alpha value is -1.92. The van der Waals surface area contributed by atoms with E-state index < -0.39 is 19.7 Å². The van der Waals surface area contributed by atoms with E-state index in [-0.39, 0.29) is 22.8 Å². The first kappa shape index (κ1) is 18.4. The third-order valence-electron chi connectivity index (χ3n) is 3.50. The average molecular weight is 364 g/mol. The van der Waals surface area contributed by atoms with E-state index in [0.29, 0.717) is 5.56 Å². The number of allylic oxidation sites excluding steroid dienone is 1.